The van der Waals surface area contributed by atoms with Crippen molar-refractivity contribution >= 4 is 23.2 Å². The summed E-state index contributed by atoms with van der Waals surface area (Å²) in [7, 11) is 1.95. The van der Waals surface area contributed by atoms with E-state index in [0.29, 0.717) is 41.6 Å². The third kappa shape index (κ3) is 4.33. The first kappa shape index (κ1) is 19.2. The van der Waals surface area contributed by atoms with Crippen LogP contribution in [0.2, 0.25) is 0 Å². The van der Waals surface area contributed by atoms with E-state index in [-0.39, 0.29) is 18.6 Å². The fraction of sp³-hybridized carbons (Fsp3) is 0.333. The number of hydrogen-bond donors (Lipinski definition) is 2. The highest BCUT2D eigenvalue weighted by Crippen LogP contribution is 2.34. The van der Waals surface area contributed by atoms with Crippen LogP contribution in [0.4, 0.5) is 11.4 Å². The van der Waals surface area contributed by atoms with Crippen LogP contribution in [0.15, 0.2) is 36.4 Å². The van der Waals surface area contributed by atoms with Gasteiger partial charge in [-0.25, -0.2) is 0 Å². The number of nitrogens with one attached hydrogen (secondary N) is 2. The second-order valence-electron chi connectivity index (χ2n) is 7.16. The maximum atomic E-state index is 12.7. The summed E-state index contributed by atoms with van der Waals surface area (Å²) in [6, 6.07) is 10.4. The lowest BCUT2D eigenvalue weighted by atomic mass is 10.1. The van der Waals surface area contributed by atoms with E-state index in [1.807, 2.05) is 14.0 Å². The Balaban J connectivity index is 1.46. The first-order chi connectivity index (χ1) is 14.0. The molecule has 2 aliphatic rings. The molecule has 2 heterocycles. The van der Waals surface area contributed by atoms with Crippen LogP contribution in [0, 0.1) is 6.92 Å². The van der Waals surface area contributed by atoms with Crippen LogP contribution >= 0.6 is 0 Å². The van der Waals surface area contributed by atoms with Gasteiger partial charge in [-0.15, -0.1) is 0 Å². The average molecular weight is 397 g/mol. The Hall–Kier alpha value is -3.10. The molecule has 152 valence electrons. The van der Waals surface area contributed by atoms with Crippen molar-refractivity contribution in [1.29, 1.82) is 0 Å². The van der Waals surface area contributed by atoms with E-state index in [1.54, 1.807) is 36.4 Å². The third-order valence-electron chi connectivity index (χ3n) is 4.95. The van der Waals surface area contributed by atoms with Crippen LogP contribution in [-0.4, -0.2) is 56.4 Å². The van der Waals surface area contributed by atoms with Crippen LogP contribution in [0.25, 0.3) is 0 Å². The first-order valence-electron chi connectivity index (χ1n) is 9.42. The van der Waals surface area contributed by atoms with Gasteiger partial charge in [0, 0.05) is 36.1 Å². The molecule has 0 radical (unpaired) electrons. The van der Waals surface area contributed by atoms with E-state index in [1.165, 1.54) is 0 Å². The predicted octanol–water partition coefficient (Wildman–Crippen LogP) is 2.25. The van der Waals surface area contributed by atoms with Gasteiger partial charge in [-0.05, 0) is 43.8 Å². The monoisotopic (exact) mass is 397 g/mol. The van der Waals surface area contributed by atoms with E-state index in [2.05, 4.69) is 15.5 Å². The van der Waals surface area contributed by atoms with Gasteiger partial charge in [-0.2, -0.15) is 0 Å². The lowest BCUT2D eigenvalue weighted by Gasteiger charge is -2.29. The van der Waals surface area contributed by atoms with Gasteiger partial charge in [0.2, 0.25) is 6.79 Å². The Morgan fingerprint density at radius 3 is 2.72 bits per heavy atom. The van der Waals surface area contributed by atoms with Crippen LogP contribution < -0.4 is 20.1 Å². The fourth-order valence-corrected chi connectivity index (χ4v) is 3.23. The summed E-state index contributed by atoms with van der Waals surface area (Å²) in [5.41, 5.74) is 2.49. The smallest absolute Gasteiger partial charge is 0.255 e. The highest BCUT2D eigenvalue weighted by Gasteiger charge is 2.25. The Labute approximate surface area is 168 Å². The van der Waals surface area contributed by atoms with Crippen molar-refractivity contribution < 1.29 is 23.8 Å². The summed E-state index contributed by atoms with van der Waals surface area (Å²) in [5.74, 6) is 0.747. The number of amides is 2. The molecular formula is C21H23N3O5. The van der Waals surface area contributed by atoms with Crippen molar-refractivity contribution in [3.63, 3.8) is 0 Å². The molecule has 0 bridgehead atoms. The zero-order valence-electron chi connectivity index (χ0n) is 16.4. The molecule has 0 aromatic heterocycles. The Bertz CT molecular complexity index is 946. The number of fused-ring (bicyclic) bond motifs is 1. The summed E-state index contributed by atoms with van der Waals surface area (Å²) in [6.07, 6.45) is -0.528. The molecule has 29 heavy (non-hydrogen) atoms. The lowest BCUT2D eigenvalue weighted by molar-refractivity contribution is -0.132. The molecule has 2 amide bonds. The quantitative estimate of drug-likeness (QED) is 0.823. The number of carbonyl (C=O) groups is 2. The molecule has 0 aliphatic carbocycles. The molecule has 8 nitrogen and oxygen atoms in total. The summed E-state index contributed by atoms with van der Waals surface area (Å²) in [5, 5.41) is 5.72. The number of carbonyl (C=O) groups excluding carboxylic acids is 2. The molecule has 2 aromatic carbocycles. The SMILES string of the molecule is Cc1ccc(C(=O)Nc2ccc3c(c2)OCO3)cc1NC(=O)C1CN(C)CCO1. The number of hydrogen-bond acceptors (Lipinski definition) is 6. The molecule has 2 N–H and O–H groups in total. The molecule has 1 unspecified atom stereocenters. The second-order valence-corrected chi connectivity index (χ2v) is 7.16. The van der Waals surface area contributed by atoms with Crippen molar-refractivity contribution in [3.05, 3.63) is 47.5 Å². The lowest BCUT2D eigenvalue weighted by Crippen LogP contribution is -2.46. The average Bonchev–Trinajstić information content (AvgIpc) is 3.17. The minimum Gasteiger partial charge on any atom is -0.454 e. The number of anilines is 2. The van der Waals surface area contributed by atoms with Gasteiger partial charge >= 0.3 is 0 Å². The predicted molar refractivity (Wildman–Crippen MR) is 108 cm³/mol. The van der Waals surface area contributed by atoms with Crippen LogP contribution in [0.5, 0.6) is 11.5 Å². The number of ether oxygens (including phenoxy) is 3. The first-order valence-corrected chi connectivity index (χ1v) is 9.42. The summed E-state index contributed by atoms with van der Waals surface area (Å²) >= 11 is 0. The Morgan fingerprint density at radius 1 is 1.07 bits per heavy atom. The van der Waals surface area contributed by atoms with Gasteiger partial charge in [-0.1, -0.05) is 6.07 Å². The minimum absolute atomic E-state index is 0.175. The number of likely N-dealkylation sites (N-methyl/N-ethyl adjacent to an activating group) is 1. The standard InChI is InChI=1S/C21H23N3O5/c1-13-3-4-14(9-16(13)23-21(26)19-11-24(2)7-8-27-19)20(25)22-15-5-6-17-18(10-15)29-12-28-17/h3-6,9-10,19H,7-8,11-12H2,1-2H3,(H,22,25)(H,23,26). The third-order valence-corrected chi connectivity index (χ3v) is 4.95. The molecule has 4 rings (SSSR count). The fourth-order valence-electron chi connectivity index (χ4n) is 3.23. The van der Waals surface area contributed by atoms with Crippen LogP contribution in [0.1, 0.15) is 15.9 Å². The van der Waals surface area contributed by atoms with E-state index in [9.17, 15) is 9.59 Å². The van der Waals surface area contributed by atoms with Gasteiger partial charge in [0.1, 0.15) is 6.10 Å². The van der Waals surface area contributed by atoms with Crippen molar-refractivity contribution in [2.45, 2.75) is 13.0 Å². The van der Waals surface area contributed by atoms with Gasteiger partial charge in [0.05, 0.1) is 6.61 Å². The zero-order chi connectivity index (χ0) is 20.4. The Kier molecular flexibility index (Phi) is 5.37. The van der Waals surface area contributed by atoms with E-state index in [4.69, 9.17) is 14.2 Å². The normalized spacial score (nSPS) is 18.3. The molecule has 8 heteroatoms. The van der Waals surface area contributed by atoms with E-state index in [0.717, 1.165) is 12.1 Å². The van der Waals surface area contributed by atoms with Crippen molar-refractivity contribution in [1.82, 2.24) is 4.90 Å². The van der Waals surface area contributed by atoms with Gasteiger partial charge in [-0.3, -0.25) is 9.59 Å². The van der Waals surface area contributed by atoms with E-state index < -0.39 is 6.10 Å². The summed E-state index contributed by atoms with van der Waals surface area (Å²) in [4.78, 5) is 27.3. The number of nitrogens with zero attached hydrogens (tertiary/aromatic N) is 1. The maximum absolute atomic E-state index is 12.7. The zero-order valence-corrected chi connectivity index (χ0v) is 16.4. The van der Waals surface area contributed by atoms with Crippen LogP contribution in [0.3, 0.4) is 0 Å². The molecule has 2 aromatic rings. The highest BCUT2D eigenvalue weighted by atomic mass is 16.7. The number of benzene rings is 2. The molecule has 1 fully saturated rings. The molecule has 2 aliphatic heterocycles. The van der Waals surface area contributed by atoms with Crippen molar-refractivity contribution in [2.75, 3.05) is 44.2 Å². The van der Waals surface area contributed by atoms with Gasteiger partial charge < -0.3 is 29.7 Å². The molecule has 1 saturated heterocycles. The van der Waals surface area contributed by atoms with Crippen molar-refractivity contribution in [3.8, 4) is 11.5 Å². The van der Waals surface area contributed by atoms with Gasteiger partial charge in [0.15, 0.2) is 11.5 Å². The maximum Gasteiger partial charge on any atom is 0.255 e. The summed E-state index contributed by atoms with van der Waals surface area (Å²) < 4.78 is 16.2. The van der Waals surface area contributed by atoms with Crippen molar-refractivity contribution in [2.24, 2.45) is 0 Å². The highest BCUT2D eigenvalue weighted by molar-refractivity contribution is 6.06. The topological polar surface area (TPSA) is 89.1 Å². The second kappa shape index (κ2) is 8.10. The van der Waals surface area contributed by atoms with Crippen LogP contribution in [-0.2, 0) is 9.53 Å². The largest absolute Gasteiger partial charge is 0.454 e. The molecule has 0 spiro atoms. The molecule has 0 saturated carbocycles. The number of rotatable bonds is 4. The van der Waals surface area contributed by atoms with Gasteiger partial charge in [0.25, 0.3) is 11.8 Å². The number of aryl methyl sites for hydroxylation is 1. The molecular weight excluding hydrogens is 374 g/mol. The molecule has 1 atom stereocenters. The van der Waals surface area contributed by atoms with E-state index >= 15 is 0 Å². The number of morpholine rings is 1. The minimum atomic E-state index is -0.528. The Morgan fingerprint density at radius 2 is 1.90 bits per heavy atom. The summed E-state index contributed by atoms with van der Waals surface area (Å²) in [6.45, 7) is 3.91.